The zero-order valence-corrected chi connectivity index (χ0v) is 18.6. The third-order valence-corrected chi connectivity index (χ3v) is 6.24. The topological polar surface area (TPSA) is 80.2 Å². The molecule has 0 saturated heterocycles. The summed E-state index contributed by atoms with van der Waals surface area (Å²) >= 11 is 0. The molecule has 0 bridgehead atoms. The minimum atomic E-state index is -0.623. The van der Waals surface area contributed by atoms with Crippen LogP contribution in [0.4, 0.5) is 0 Å². The van der Waals surface area contributed by atoms with E-state index in [4.69, 9.17) is 14.5 Å². The highest BCUT2D eigenvalue weighted by Crippen LogP contribution is 2.39. The van der Waals surface area contributed by atoms with Gasteiger partial charge in [-0.1, -0.05) is 18.6 Å². The van der Waals surface area contributed by atoms with E-state index < -0.39 is 5.66 Å². The normalized spacial score (nSPS) is 17.2. The van der Waals surface area contributed by atoms with Gasteiger partial charge in [0.15, 0.2) is 0 Å². The van der Waals surface area contributed by atoms with E-state index >= 15 is 0 Å². The van der Waals surface area contributed by atoms with Gasteiger partial charge in [0, 0.05) is 12.1 Å². The second kappa shape index (κ2) is 9.42. The van der Waals surface area contributed by atoms with E-state index in [1.54, 1.807) is 19.1 Å². The van der Waals surface area contributed by atoms with Crippen LogP contribution in [0, 0.1) is 0 Å². The van der Waals surface area contributed by atoms with Crippen molar-refractivity contribution in [1.82, 2.24) is 10.2 Å². The van der Waals surface area contributed by atoms with Gasteiger partial charge in [-0.05, 0) is 67.6 Å². The average Bonchev–Trinajstić information content (AvgIpc) is 3.09. The van der Waals surface area contributed by atoms with E-state index in [2.05, 4.69) is 5.32 Å². The number of hydrogen-bond donors (Lipinski definition) is 1. The fraction of sp³-hybridized carbons (Fsp3) is 0.400. The quantitative estimate of drug-likeness (QED) is 0.724. The molecule has 0 radical (unpaired) electrons. The number of carbonyl (C=O) groups is 2. The Bertz CT molecular complexity index is 993. The predicted molar refractivity (Wildman–Crippen MR) is 122 cm³/mol. The lowest BCUT2D eigenvalue weighted by Gasteiger charge is -2.38. The SMILES string of the molecule is COc1ccc(CNC(=O)CN2C(=O)C(c3ccc(OC)cc3)=NC23CCCCC3)cc1. The molecular formula is C25H29N3O4. The second-order valence-electron chi connectivity index (χ2n) is 8.25. The monoisotopic (exact) mass is 435 g/mol. The van der Waals surface area contributed by atoms with E-state index in [9.17, 15) is 9.59 Å². The molecule has 2 aromatic rings. The molecule has 1 aliphatic carbocycles. The molecule has 0 aromatic heterocycles. The number of nitrogens with one attached hydrogen (secondary N) is 1. The van der Waals surface area contributed by atoms with Gasteiger partial charge in [0.05, 0.1) is 14.2 Å². The van der Waals surface area contributed by atoms with E-state index in [0.717, 1.165) is 54.7 Å². The predicted octanol–water partition coefficient (Wildman–Crippen LogP) is 3.31. The molecule has 1 N–H and O–H groups in total. The standard InChI is InChI=1S/C25H29N3O4/c1-31-20-10-6-18(7-11-20)16-26-22(29)17-28-24(30)23(19-8-12-21(32-2)13-9-19)27-25(28)14-4-3-5-15-25/h6-13H,3-5,14-17H2,1-2H3,(H,26,29). The Morgan fingerprint density at radius 3 is 2.16 bits per heavy atom. The Morgan fingerprint density at radius 2 is 1.56 bits per heavy atom. The first-order chi connectivity index (χ1) is 15.5. The summed E-state index contributed by atoms with van der Waals surface area (Å²) in [6, 6.07) is 14.9. The van der Waals surface area contributed by atoms with Crippen molar-refractivity contribution >= 4 is 17.5 Å². The molecule has 168 valence electrons. The summed E-state index contributed by atoms with van der Waals surface area (Å²) in [6.07, 6.45) is 4.68. The van der Waals surface area contributed by atoms with Crippen LogP contribution in [0.25, 0.3) is 0 Å². The Morgan fingerprint density at radius 1 is 0.969 bits per heavy atom. The smallest absolute Gasteiger partial charge is 0.275 e. The van der Waals surface area contributed by atoms with Crippen molar-refractivity contribution in [3.05, 3.63) is 59.7 Å². The minimum Gasteiger partial charge on any atom is -0.497 e. The zero-order valence-electron chi connectivity index (χ0n) is 18.6. The summed E-state index contributed by atoms with van der Waals surface area (Å²) in [7, 11) is 3.23. The molecule has 2 amide bonds. The van der Waals surface area contributed by atoms with E-state index in [1.807, 2.05) is 48.5 Å². The van der Waals surface area contributed by atoms with Crippen molar-refractivity contribution in [2.45, 2.75) is 44.3 Å². The first kappa shape index (κ1) is 21.9. The van der Waals surface area contributed by atoms with Crippen molar-refractivity contribution < 1.29 is 19.1 Å². The van der Waals surface area contributed by atoms with Gasteiger partial charge in [0.1, 0.15) is 29.4 Å². The Balaban J connectivity index is 1.48. The highest BCUT2D eigenvalue weighted by Gasteiger charge is 2.48. The first-order valence-corrected chi connectivity index (χ1v) is 11.0. The summed E-state index contributed by atoms with van der Waals surface area (Å²) < 4.78 is 10.4. The van der Waals surface area contributed by atoms with Gasteiger partial charge in [-0.3, -0.25) is 14.6 Å². The van der Waals surface area contributed by atoms with Crippen molar-refractivity contribution in [1.29, 1.82) is 0 Å². The van der Waals surface area contributed by atoms with Crippen LogP contribution in [0.2, 0.25) is 0 Å². The summed E-state index contributed by atoms with van der Waals surface area (Å²) in [5.41, 5.74) is 1.52. The number of ether oxygens (including phenoxy) is 2. The summed E-state index contributed by atoms with van der Waals surface area (Å²) in [5.74, 6) is 1.12. The molecule has 7 heteroatoms. The van der Waals surface area contributed by atoms with Crippen molar-refractivity contribution in [2.75, 3.05) is 20.8 Å². The van der Waals surface area contributed by atoms with Crippen LogP contribution in [-0.4, -0.2) is 48.9 Å². The highest BCUT2D eigenvalue weighted by atomic mass is 16.5. The van der Waals surface area contributed by atoms with Crippen LogP contribution < -0.4 is 14.8 Å². The number of benzene rings is 2. The van der Waals surface area contributed by atoms with Crippen LogP contribution in [0.5, 0.6) is 11.5 Å². The number of amides is 2. The molecule has 7 nitrogen and oxygen atoms in total. The molecule has 0 atom stereocenters. The van der Waals surface area contributed by atoms with Crippen LogP contribution in [0.1, 0.15) is 43.2 Å². The van der Waals surface area contributed by atoms with Crippen molar-refractivity contribution in [3.63, 3.8) is 0 Å². The lowest BCUT2D eigenvalue weighted by atomic mass is 9.88. The molecule has 4 rings (SSSR count). The van der Waals surface area contributed by atoms with E-state index in [-0.39, 0.29) is 18.4 Å². The molecule has 32 heavy (non-hydrogen) atoms. The number of nitrogens with zero attached hydrogens (tertiary/aromatic N) is 2. The lowest BCUT2D eigenvalue weighted by Crippen LogP contribution is -2.52. The molecule has 2 aromatic carbocycles. The molecule has 0 unspecified atom stereocenters. The molecule has 1 spiro atoms. The van der Waals surface area contributed by atoms with Gasteiger partial charge >= 0.3 is 0 Å². The summed E-state index contributed by atoms with van der Waals surface area (Å²) in [4.78, 5) is 32.8. The number of methoxy groups -OCH3 is 2. The van der Waals surface area contributed by atoms with Gasteiger partial charge in [0.2, 0.25) is 5.91 Å². The van der Waals surface area contributed by atoms with E-state index in [0.29, 0.717) is 12.3 Å². The highest BCUT2D eigenvalue weighted by molar-refractivity contribution is 6.47. The molecule has 2 aliphatic rings. The molecular weight excluding hydrogens is 406 g/mol. The van der Waals surface area contributed by atoms with Crippen molar-refractivity contribution in [3.8, 4) is 11.5 Å². The Labute approximate surface area is 188 Å². The molecule has 1 saturated carbocycles. The molecule has 1 aliphatic heterocycles. The maximum atomic E-state index is 13.4. The fourth-order valence-corrected chi connectivity index (χ4v) is 4.43. The van der Waals surface area contributed by atoms with Gasteiger partial charge in [-0.25, -0.2) is 0 Å². The van der Waals surface area contributed by atoms with Crippen LogP contribution >= 0.6 is 0 Å². The second-order valence-corrected chi connectivity index (χ2v) is 8.25. The van der Waals surface area contributed by atoms with Gasteiger partial charge in [-0.15, -0.1) is 0 Å². The van der Waals surface area contributed by atoms with Crippen LogP contribution in [0.3, 0.4) is 0 Å². The third kappa shape index (κ3) is 4.47. The summed E-state index contributed by atoms with van der Waals surface area (Å²) in [6.45, 7) is 0.391. The van der Waals surface area contributed by atoms with Gasteiger partial charge in [-0.2, -0.15) is 0 Å². The number of carbonyl (C=O) groups excluding carboxylic acids is 2. The fourth-order valence-electron chi connectivity index (χ4n) is 4.43. The number of hydrogen-bond acceptors (Lipinski definition) is 5. The zero-order chi connectivity index (χ0) is 22.6. The van der Waals surface area contributed by atoms with Crippen LogP contribution in [-0.2, 0) is 16.1 Å². The number of rotatable bonds is 7. The van der Waals surface area contributed by atoms with Crippen LogP contribution in [0.15, 0.2) is 53.5 Å². The Hall–Kier alpha value is -3.35. The first-order valence-electron chi connectivity index (χ1n) is 11.0. The minimum absolute atomic E-state index is 0.00184. The van der Waals surface area contributed by atoms with Crippen molar-refractivity contribution in [2.24, 2.45) is 4.99 Å². The maximum Gasteiger partial charge on any atom is 0.275 e. The maximum absolute atomic E-state index is 13.4. The molecule has 1 fully saturated rings. The Kier molecular flexibility index (Phi) is 6.44. The largest absolute Gasteiger partial charge is 0.497 e. The van der Waals surface area contributed by atoms with Gasteiger partial charge < -0.3 is 19.7 Å². The lowest BCUT2D eigenvalue weighted by molar-refractivity contribution is -0.136. The summed E-state index contributed by atoms with van der Waals surface area (Å²) in [5, 5.41) is 2.93. The third-order valence-electron chi connectivity index (χ3n) is 6.24. The number of aliphatic imine (C=N–C) groups is 1. The van der Waals surface area contributed by atoms with E-state index in [1.165, 1.54) is 0 Å². The molecule has 1 heterocycles. The average molecular weight is 436 g/mol. The van der Waals surface area contributed by atoms with Gasteiger partial charge in [0.25, 0.3) is 5.91 Å².